The van der Waals surface area contributed by atoms with Crippen LogP contribution in [0.1, 0.15) is 30.9 Å². The van der Waals surface area contributed by atoms with Crippen molar-refractivity contribution in [3.05, 3.63) is 34.9 Å². The van der Waals surface area contributed by atoms with E-state index in [-0.39, 0.29) is 11.9 Å². The van der Waals surface area contributed by atoms with Crippen molar-refractivity contribution in [1.82, 2.24) is 15.5 Å². The molecule has 1 amide bonds. The van der Waals surface area contributed by atoms with E-state index >= 15 is 0 Å². The number of nitrogens with one attached hydrogen (secondary N) is 2. The van der Waals surface area contributed by atoms with Gasteiger partial charge in [0.2, 0.25) is 5.91 Å². The van der Waals surface area contributed by atoms with Crippen LogP contribution in [0.5, 0.6) is 0 Å². The van der Waals surface area contributed by atoms with Crippen molar-refractivity contribution < 1.29 is 4.79 Å². The van der Waals surface area contributed by atoms with Crippen molar-refractivity contribution >= 4 is 17.5 Å². The fraction of sp³-hybridized carbons (Fsp3) is 0.588. The summed E-state index contributed by atoms with van der Waals surface area (Å²) in [6, 6.07) is 8.08. The maximum absolute atomic E-state index is 12.2. The van der Waals surface area contributed by atoms with Crippen LogP contribution >= 0.6 is 11.6 Å². The van der Waals surface area contributed by atoms with Gasteiger partial charge in [0.1, 0.15) is 0 Å². The molecule has 0 radical (unpaired) electrons. The third kappa shape index (κ3) is 3.80. The molecular weight excluding hydrogens is 298 g/mol. The van der Waals surface area contributed by atoms with E-state index in [1.165, 1.54) is 19.3 Å². The molecule has 1 aromatic carbocycles. The molecule has 22 heavy (non-hydrogen) atoms. The first-order valence-electron chi connectivity index (χ1n) is 8.20. The van der Waals surface area contributed by atoms with E-state index in [1.54, 1.807) is 0 Å². The Morgan fingerprint density at radius 3 is 2.91 bits per heavy atom. The zero-order chi connectivity index (χ0) is 15.4. The average Bonchev–Trinajstić information content (AvgIpc) is 2.47. The van der Waals surface area contributed by atoms with Gasteiger partial charge in [0.25, 0.3) is 0 Å². The SMILES string of the molecule is O=C(CN1CCNCC1c1ccccc1Cl)NCC1CCC1. The molecule has 1 aliphatic carbocycles. The van der Waals surface area contributed by atoms with Crippen LogP contribution in [0.25, 0.3) is 0 Å². The van der Waals surface area contributed by atoms with Crippen LogP contribution in [-0.4, -0.2) is 43.5 Å². The van der Waals surface area contributed by atoms with Crippen molar-refractivity contribution in [2.45, 2.75) is 25.3 Å². The Hall–Kier alpha value is -1.10. The van der Waals surface area contributed by atoms with Crippen LogP contribution in [0, 0.1) is 5.92 Å². The highest BCUT2D eigenvalue weighted by Crippen LogP contribution is 2.28. The van der Waals surface area contributed by atoms with Crippen LogP contribution in [0.3, 0.4) is 0 Å². The lowest BCUT2D eigenvalue weighted by Gasteiger charge is -2.36. The number of amides is 1. The number of hydrogen-bond donors (Lipinski definition) is 2. The maximum Gasteiger partial charge on any atom is 0.234 e. The number of carbonyl (C=O) groups excluding carboxylic acids is 1. The number of benzene rings is 1. The molecule has 0 spiro atoms. The number of hydrogen-bond acceptors (Lipinski definition) is 3. The number of carbonyl (C=O) groups is 1. The molecule has 1 saturated carbocycles. The fourth-order valence-electron chi connectivity index (χ4n) is 3.18. The quantitative estimate of drug-likeness (QED) is 0.874. The lowest BCUT2D eigenvalue weighted by atomic mass is 9.85. The number of halogens is 1. The standard InChI is InChI=1S/C17H24ClN3O/c18-15-7-2-1-6-14(15)16-11-19-8-9-21(16)12-17(22)20-10-13-4-3-5-13/h1-2,6-7,13,16,19H,3-5,8-12H2,(H,20,22). The Labute approximate surface area is 137 Å². The molecule has 5 heteroatoms. The molecule has 1 aliphatic heterocycles. The zero-order valence-electron chi connectivity index (χ0n) is 12.9. The maximum atomic E-state index is 12.2. The molecule has 0 bridgehead atoms. The van der Waals surface area contributed by atoms with Gasteiger partial charge in [-0.2, -0.15) is 0 Å². The number of piperazine rings is 1. The van der Waals surface area contributed by atoms with Crippen molar-refractivity contribution in [3.63, 3.8) is 0 Å². The van der Waals surface area contributed by atoms with Crippen molar-refractivity contribution in [2.75, 3.05) is 32.7 Å². The van der Waals surface area contributed by atoms with Gasteiger partial charge in [0.05, 0.1) is 6.54 Å². The Balaban J connectivity index is 1.59. The molecule has 1 aromatic rings. The smallest absolute Gasteiger partial charge is 0.234 e. The Morgan fingerprint density at radius 1 is 1.36 bits per heavy atom. The number of rotatable bonds is 5. The van der Waals surface area contributed by atoms with Crippen LogP contribution < -0.4 is 10.6 Å². The molecule has 0 aromatic heterocycles. The van der Waals surface area contributed by atoms with E-state index in [0.29, 0.717) is 12.5 Å². The van der Waals surface area contributed by atoms with Gasteiger partial charge in [-0.3, -0.25) is 9.69 Å². The van der Waals surface area contributed by atoms with Gasteiger partial charge in [-0.05, 0) is 30.4 Å². The van der Waals surface area contributed by atoms with Crippen LogP contribution in [0.4, 0.5) is 0 Å². The largest absolute Gasteiger partial charge is 0.355 e. The first-order valence-corrected chi connectivity index (χ1v) is 8.57. The minimum Gasteiger partial charge on any atom is -0.355 e. The van der Waals surface area contributed by atoms with Crippen LogP contribution in [-0.2, 0) is 4.79 Å². The van der Waals surface area contributed by atoms with Crippen LogP contribution in [0.2, 0.25) is 5.02 Å². The molecule has 2 fully saturated rings. The van der Waals surface area contributed by atoms with Crippen LogP contribution in [0.15, 0.2) is 24.3 Å². The fourth-order valence-corrected chi connectivity index (χ4v) is 3.44. The second kappa shape index (κ2) is 7.44. The molecule has 120 valence electrons. The third-order valence-corrected chi connectivity index (χ3v) is 5.12. The summed E-state index contributed by atoms with van der Waals surface area (Å²) in [5, 5.41) is 7.26. The zero-order valence-corrected chi connectivity index (χ0v) is 13.6. The highest BCUT2D eigenvalue weighted by Gasteiger charge is 2.27. The summed E-state index contributed by atoms with van der Waals surface area (Å²) in [4.78, 5) is 14.4. The summed E-state index contributed by atoms with van der Waals surface area (Å²) in [5.41, 5.74) is 1.10. The van der Waals surface area contributed by atoms with Gasteiger partial charge in [-0.1, -0.05) is 36.2 Å². The summed E-state index contributed by atoms with van der Waals surface area (Å²) in [6.45, 7) is 3.90. The predicted molar refractivity (Wildman–Crippen MR) is 89.0 cm³/mol. The second-order valence-electron chi connectivity index (χ2n) is 6.31. The molecule has 2 aliphatic rings. The van der Waals surface area contributed by atoms with Gasteiger partial charge < -0.3 is 10.6 Å². The van der Waals surface area contributed by atoms with Crippen molar-refractivity contribution in [2.24, 2.45) is 5.92 Å². The molecule has 1 saturated heterocycles. The third-order valence-electron chi connectivity index (χ3n) is 4.78. The highest BCUT2D eigenvalue weighted by molar-refractivity contribution is 6.31. The molecule has 2 N–H and O–H groups in total. The summed E-state index contributed by atoms with van der Waals surface area (Å²) in [7, 11) is 0. The number of nitrogens with zero attached hydrogens (tertiary/aromatic N) is 1. The Bertz CT molecular complexity index is 518. The van der Waals surface area contributed by atoms with E-state index in [2.05, 4.69) is 21.6 Å². The van der Waals surface area contributed by atoms with Crippen molar-refractivity contribution in [1.29, 1.82) is 0 Å². The molecule has 1 atom stereocenters. The first-order chi connectivity index (χ1) is 10.7. The summed E-state index contributed by atoms with van der Waals surface area (Å²) in [5.74, 6) is 0.831. The van der Waals surface area contributed by atoms with E-state index in [0.717, 1.165) is 36.8 Å². The van der Waals surface area contributed by atoms with Gasteiger partial charge in [-0.15, -0.1) is 0 Å². The van der Waals surface area contributed by atoms with E-state index < -0.39 is 0 Å². The highest BCUT2D eigenvalue weighted by atomic mass is 35.5. The minimum absolute atomic E-state index is 0.130. The van der Waals surface area contributed by atoms with Gasteiger partial charge in [-0.25, -0.2) is 0 Å². The summed E-state index contributed by atoms with van der Waals surface area (Å²) < 4.78 is 0. The normalized spacial score (nSPS) is 23.0. The molecule has 4 nitrogen and oxygen atoms in total. The Kier molecular flexibility index (Phi) is 5.34. The predicted octanol–water partition coefficient (Wildman–Crippen LogP) is 2.20. The monoisotopic (exact) mass is 321 g/mol. The van der Waals surface area contributed by atoms with Gasteiger partial charge >= 0.3 is 0 Å². The molecular formula is C17H24ClN3O. The van der Waals surface area contributed by atoms with Gasteiger partial charge in [0.15, 0.2) is 0 Å². The summed E-state index contributed by atoms with van der Waals surface area (Å²) in [6.07, 6.45) is 3.83. The first kappa shape index (κ1) is 15.8. The topological polar surface area (TPSA) is 44.4 Å². The van der Waals surface area contributed by atoms with Crippen molar-refractivity contribution in [3.8, 4) is 0 Å². The molecule has 1 unspecified atom stereocenters. The lowest BCUT2D eigenvalue weighted by Crippen LogP contribution is -2.50. The molecule has 3 rings (SSSR count). The van der Waals surface area contributed by atoms with E-state index in [4.69, 9.17) is 11.6 Å². The Morgan fingerprint density at radius 2 is 2.18 bits per heavy atom. The van der Waals surface area contributed by atoms with Gasteiger partial charge in [0, 0.05) is 37.2 Å². The van der Waals surface area contributed by atoms with E-state index in [1.807, 2.05) is 18.2 Å². The van der Waals surface area contributed by atoms with E-state index in [9.17, 15) is 4.79 Å². The molecule has 1 heterocycles. The average molecular weight is 322 g/mol. The minimum atomic E-state index is 0.130. The second-order valence-corrected chi connectivity index (χ2v) is 6.72. The lowest BCUT2D eigenvalue weighted by molar-refractivity contribution is -0.123. The summed E-state index contributed by atoms with van der Waals surface area (Å²) >= 11 is 6.33.